The van der Waals surface area contributed by atoms with Gasteiger partial charge in [-0.05, 0) is 26.0 Å². The molecule has 1 saturated heterocycles. The van der Waals surface area contributed by atoms with E-state index in [4.69, 9.17) is 25.8 Å². The number of hydrogen-bond donors (Lipinski definition) is 1. The van der Waals surface area contributed by atoms with Crippen LogP contribution in [-0.2, 0) is 4.74 Å². The number of halogens is 4. The van der Waals surface area contributed by atoms with E-state index in [2.05, 4.69) is 0 Å². The van der Waals surface area contributed by atoms with Crippen molar-refractivity contribution in [3.8, 4) is 11.5 Å². The molecule has 0 aliphatic carbocycles. The number of benzene rings is 1. The van der Waals surface area contributed by atoms with Crippen molar-refractivity contribution in [3.05, 3.63) is 23.2 Å². The highest BCUT2D eigenvalue weighted by Crippen LogP contribution is 2.46. The minimum absolute atomic E-state index is 0.156. The number of carbonyl (C=O) groups excluding carboxylic acids is 1. The van der Waals surface area contributed by atoms with Crippen LogP contribution < -0.4 is 14.8 Å². The molecule has 2 amide bonds. The van der Waals surface area contributed by atoms with Gasteiger partial charge in [-0.25, -0.2) is 4.79 Å². The largest absolute Gasteiger partial charge is 0.492 e. The molecule has 138 valence electrons. The van der Waals surface area contributed by atoms with Crippen molar-refractivity contribution in [3.63, 3.8) is 0 Å². The fourth-order valence-corrected chi connectivity index (χ4v) is 2.94. The van der Waals surface area contributed by atoms with Crippen LogP contribution in [0.2, 0.25) is 5.02 Å². The van der Waals surface area contributed by atoms with Gasteiger partial charge in [-0.1, -0.05) is 11.6 Å². The zero-order chi connectivity index (χ0) is 18.4. The number of alkyl halides is 3. The van der Waals surface area contributed by atoms with Crippen LogP contribution in [0.15, 0.2) is 18.2 Å². The van der Waals surface area contributed by atoms with Crippen LogP contribution in [-0.4, -0.2) is 48.3 Å². The molecule has 25 heavy (non-hydrogen) atoms. The number of fused-ring (bicyclic) bond motifs is 1. The number of urea groups is 1. The van der Waals surface area contributed by atoms with Crippen molar-refractivity contribution >= 4 is 17.6 Å². The zero-order valence-electron chi connectivity index (χ0n) is 13.4. The highest BCUT2D eigenvalue weighted by molar-refractivity contribution is 6.30. The van der Waals surface area contributed by atoms with Crippen LogP contribution in [0.1, 0.15) is 13.8 Å². The molecular weight excluding hydrogens is 365 g/mol. The van der Waals surface area contributed by atoms with Gasteiger partial charge in [0, 0.05) is 24.2 Å². The lowest BCUT2D eigenvalue weighted by Crippen LogP contribution is -2.67. The smallest absolute Gasteiger partial charge is 0.424 e. The Labute approximate surface area is 146 Å². The monoisotopic (exact) mass is 380 g/mol. The van der Waals surface area contributed by atoms with E-state index < -0.39 is 18.1 Å². The molecule has 3 rings (SSSR count). The van der Waals surface area contributed by atoms with Crippen molar-refractivity contribution < 1.29 is 32.2 Å². The van der Waals surface area contributed by atoms with Gasteiger partial charge < -0.3 is 19.1 Å². The van der Waals surface area contributed by atoms with Crippen molar-refractivity contribution in [2.75, 3.05) is 13.1 Å². The Morgan fingerprint density at radius 2 is 1.84 bits per heavy atom. The molecule has 2 heterocycles. The summed E-state index contributed by atoms with van der Waals surface area (Å²) in [5.41, 5.74) is 0. The first-order valence-corrected chi connectivity index (χ1v) is 7.94. The number of ether oxygens (including phenoxy) is 3. The molecule has 0 saturated carbocycles. The maximum atomic E-state index is 13.6. The number of carbonyl (C=O) groups is 1. The summed E-state index contributed by atoms with van der Waals surface area (Å²) in [6, 6.07) is 2.84. The van der Waals surface area contributed by atoms with E-state index in [0.717, 1.165) is 0 Å². The van der Waals surface area contributed by atoms with Crippen LogP contribution >= 0.6 is 11.6 Å². The van der Waals surface area contributed by atoms with Crippen molar-refractivity contribution in [1.29, 1.82) is 0 Å². The molecule has 2 aliphatic heterocycles. The molecule has 3 atom stereocenters. The minimum atomic E-state index is -5.02. The molecule has 1 fully saturated rings. The molecular formula is C15H16ClF3N2O4. The maximum Gasteiger partial charge on any atom is 0.492 e. The average molecular weight is 381 g/mol. The third kappa shape index (κ3) is 3.43. The summed E-state index contributed by atoms with van der Waals surface area (Å²) in [5.74, 6) is -3.67. The fourth-order valence-electron chi connectivity index (χ4n) is 2.78. The van der Waals surface area contributed by atoms with Crippen LogP contribution in [0.4, 0.5) is 18.0 Å². The van der Waals surface area contributed by atoms with Crippen LogP contribution in [0, 0.1) is 0 Å². The Morgan fingerprint density at radius 1 is 1.24 bits per heavy atom. The van der Waals surface area contributed by atoms with Crippen molar-refractivity contribution in [1.82, 2.24) is 10.2 Å². The maximum absolute atomic E-state index is 13.6. The SMILES string of the molecule is C[C@@H]1CN(C(=O)N[C@@]2(C(F)(F)F)Oc3ccc(Cl)cc3O2)C[C@@H](C)O1. The standard InChI is InChI=1S/C15H16ClF3N2O4/c1-8-6-21(7-9(2)23-8)13(22)20-15(14(17,18)19)24-11-4-3-10(16)5-12(11)25-15/h3-5,8-9H,6-7H2,1-2H3,(H,20,22)/t8-,9-,15+/m1/s1. The Balaban J connectivity index is 1.83. The lowest BCUT2D eigenvalue weighted by Gasteiger charge is -2.37. The first-order chi connectivity index (χ1) is 11.6. The predicted molar refractivity (Wildman–Crippen MR) is 81.6 cm³/mol. The lowest BCUT2D eigenvalue weighted by molar-refractivity contribution is -0.318. The zero-order valence-corrected chi connectivity index (χ0v) is 14.1. The first kappa shape index (κ1) is 17.9. The summed E-state index contributed by atoms with van der Waals surface area (Å²) in [6.45, 7) is 3.78. The normalized spacial score (nSPS) is 28.8. The van der Waals surface area contributed by atoms with Gasteiger partial charge in [0.15, 0.2) is 11.5 Å². The average Bonchev–Trinajstić information content (AvgIpc) is 2.84. The Morgan fingerprint density at radius 3 is 2.44 bits per heavy atom. The van der Waals surface area contributed by atoms with Crippen LogP contribution in [0.5, 0.6) is 11.5 Å². The molecule has 0 spiro atoms. The summed E-state index contributed by atoms with van der Waals surface area (Å²) in [6.07, 6.45) is -5.60. The molecule has 2 aliphatic rings. The van der Waals surface area contributed by atoms with Gasteiger partial charge in [0.05, 0.1) is 12.2 Å². The third-order valence-electron chi connectivity index (χ3n) is 3.76. The first-order valence-electron chi connectivity index (χ1n) is 7.56. The number of morpholine rings is 1. The second-order valence-corrected chi connectivity index (χ2v) is 6.44. The van der Waals surface area contributed by atoms with Gasteiger partial charge in [0.1, 0.15) is 0 Å². The molecule has 0 unspecified atom stereocenters. The number of nitrogens with one attached hydrogen (secondary N) is 1. The number of amides is 2. The van der Waals surface area contributed by atoms with Crippen molar-refractivity contribution in [2.24, 2.45) is 0 Å². The summed E-state index contributed by atoms with van der Waals surface area (Å²) < 4.78 is 56.2. The number of rotatable bonds is 1. The van der Waals surface area contributed by atoms with Crippen LogP contribution in [0.25, 0.3) is 0 Å². The second kappa shape index (κ2) is 6.14. The summed E-state index contributed by atoms with van der Waals surface area (Å²) in [7, 11) is 0. The van der Waals surface area contributed by atoms with Gasteiger partial charge in [-0.3, -0.25) is 5.32 Å². The fraction of sp³-hybridized carbons (Fsp3) is 0.533. The van der Waals surface area contributed by atoms with Gasteiger partial charge in [0.25, 0.3) is 0 Å². The quantitative estimate of drug-likeness (QED) is 0.813. The molecule has 6 nitrogen and oxygen atoms in total. The molecule has 1 N–H and O–H groups in total. The van der Waals surface area contributed by atoms with Crippen molar-refractivity contribution in [2.45, 2.75) is 38.1 Å². The predicted octanol–water partition coefficient (Wildman–Crippen LogP) is 3.15. The van der Waals surface area contributed by atoms with E-state index in [1.54, 1.807) is 13.8 Å². The highest BCUT2D eigenvalue weighted by atomic mass is 35.5. The molecule has 1 aromatic carbocycles. The number of hydrogen-bond acceptors (Lipinski definition) is 4. The highest BCUT2D eigenvalue weighted by Gasteiger charge is 2.66. The van der Waals surface area contributed by atoms with Gasteiger partial charge in [0.2, 0.25) is 0 Å². The van der Waals surface area contributed by atoms with E-state index in [1.807, 2.05) is 5.32 Å². The van der Waals surface area contributed by atoms with E-state index in [-0.39, 0.29) is 41.8 Å². The van der Waals surface area contributed by atoms with E-state index in [0.29, 0.717) is 0 Å². The van der Waals surface area contributed by atoms with Gasteiger partial charge in [-0.2, -0.15) is 13.2 Å². The van der Waals surface area contributed by atoms with Gasteiger partial charge in [-0.15, -0.1) is 0 Å². The molecule has 1 aromatic rings. The molecule has 0 radical (unpaired) electrons. The molecule has 10 heteroatoms. The minimum Gasteiger partial charge on any atom is -0.424 e. The summed E-state index contributed by atoms with van der Waals surface area (Å²) in [4.78, 5) is 13.6. The van der Waals surface area contributed by atoms with Crippen LogP contribution in [0.3, 0.4) is 0 Å². The lowest BCUT2D eigenvalue weighted by atomic mass is 10.2. The Bertz CT molecular complexity index is 677. The summed E-state index contributed by atoms with van der Waals surface area (Å²) >= 11 is 5.76. The Hall–Kier alpha value is -1.87. The number of nitrogens with zero attached hydrogens (tertiary/aromatic N) is 1. The second-order valence-electron chi connectivity index (χ2n) is 6.00. The molecule has 0 bridgehead atoms. The molecule has 0 aromatic heterocycles. The Kier molecular flexibility index (Phi) is 4.40. The summed E-state index contributed by atoms with van der Waals surface area (Å²) in [5, 5.41) is 2.01. The van der Waals surface area contributed by atoms with E-state index in [9.17, 15) is 18.0 Å². The third-order valence-corrected chi connectivity index (χ3v) is 4.00. The van der Waals surface area contributed by atoms with Gasteiger partial charge >= 0.3 is 18.1 Å². The van der Waals surface area contributed by atoms with E-state index >= 15 is 0 Å². The van der Waals surface area contributed by atoms with E-state index in [1.165, 1.54) is 23.1 Å². The topological polar surface area (TPSA) is 60.0 Å².